The quantitative estimate of drug-likeness (QED) is 0.318. The summed E-state index contributed by atoms with van der Waals surface area (Å²) in [5.41, 5.74) is 4.76. The molecule has 0 unspecified atom stereocenters. The van der Waals surface area contributed by atoms with Gasteiger partial charge >= 0.3 is 0 Å². The van der Waals surface area contributed by atoms with Crippen LogP contribution >= 0.6 is 24.0 Å². The third-order valence-electron chi connectivity index (χ3n) is 4.72. The molecule has 30 heavy (non-hydrogen) atoms. The van der Waals surface area contributed by atoms with E-state index < -0.39 is 0 Å². The second-order valence-electron chi connectivity index (χ2n) is 7.36. The zero-order chi connectivity index (χ0) is 21.3. The number of hydrogen-bond donors (Lipinski definition) is 2. The van der Waals surface area contributed by atoms with E-state index in [1.807, 2.05) is 23.9 Å². The van der Waals surface area contributed by atoms with Crippen LogP contribution in [0, 0.1) is 13.8 Å². The molecule has 0 spiro atoms. The first-order valence-electron chi connectivity index (χ1n) is 10.0. The van der Waals surface area contributed by atoms with E-state index in [-0.39, 0.29) is 6.04 Å². The predicted molar refractivity (Wildman–Crippen MR) is 133 cm³/mol. The molecule has 2 N–H and O–H groups in total. The molecule has 5 heteroatoms. The molecule has 156 valence electrons. The molecule has 3 rings (SSSR count). The Balaban J connectivity index is 1.41. The van der Waals surface area contributed by atoms with Crippen molar-refractivity contribution in [1.82, 2.24) is 5.32 Å². The molecule has 0 saturated heterocycles. The summed E-state index contributed by atoms with van der Waals surface area (Å²) >= 11 is 7.28. The summed E-state index contributed by atoms with van der Waals surface area (Å²) in [4.78, 5) is 1.28. The maximum atomic E-state index is 5.88. The lowest BCUT2D eigenvalue weighted by molar-refractivity contribution is 0.287. The minimum atomic E-state index is 0.0909. The highest BCUT2D eigenvalue weighted by Crippen LogP contribution is 2.23. The standard InChI is InChI=1S/C25H28N2OS2/c1-18-9-14-23(15-19(18)2)28-16-20(3)26-25(29)27-22-12-10-21(11-13-22)17-30-24-7-5-4-6-8-24/h4-15,20H,16-17H2,1-3H3,(H2,26,27,29)/t20-/m1/s1. The van der Waals surface area contributed by atoms with Gasteiger partial charge in [-0.3, -0.25) is 0 Å². The Labute approximate surface area is 189 Å². The van der Waals surface area contributed by atoms with E-state index in [0.717, 1.165) is 17.2 Å². The van der Waals surface area contributed by atoms with Gasteiger partial charge in [0.15, 0.2) is 5.11 Å². The highest BCUT2D eigenvalue weighted by atomic mass is 32.2. The van der Waals surface area contributed by atoms with Crippen molar-refractivity contribution in [1.29, 1.82) is 0 Å². The van der Waals surface area contributed by atoms with E-state index in [1.54, 1.807) is 0 Å². The van der Waals surface area contributed by atoms with Crippen molar-refractivity contribution < 1.29 is 4.74 Å². The van der Waals surface area contributed by atoms with E-state index in [2.05, 4.69) is 92.1 Å². The first kappa shape index (κ1) is 22.2. The third kappa shape index (κ3) is 7.08. The van der Waals surface area contributed by atoms with Crippen LogP contribution in [0.4, 0.5) is 5.69 Å². The van der Waals surface area contributed by atoms with Gasteiger partial charge in [0.25, 0.3) is 0 Å². The van der Waals surface area contributed by atoms with Gasteiger partial charge in [-0.25, -0.2) is 0 Å². The number of benzene rings is 3. The highest BCUT2D eigenvalue weighted by Gasteiger charge is 2.07. The van der Waals surface area contributed by atoms with Crippen LogP contribution in [0.5, 0.6) is 5.75 Å². The monoisotopic (exact) mass is 436 g/mol. The van der Waals surface area contributed by atoms with Gasteiger partial charge in [0.05, 0.1) is 6.04 Å². The van der Waals surface area contributed by atoms with Crippen molar-refractivity contribution in [3.63, 3.8) is 0 Å². The summed E-state index contributed by atoms with van der Waals surface area (Å²) in [5.74, 6) is 1.83. The molecule has 0 radical (unpaired) electrons. The molecule has 0 aliphatic rings. The zero-order valence-corrected chi connectivity index (χ0v) is 19.3. The van der Waals surface area contributed by atoms with Gasteiger partial charge in [0, 0.05) is 16.3 Å². The van der Waals surface area contributed by atoms with Gasteiger partial charge in [-0.15, -0.1) is 11.8 Å². The fourth-order valence-corrected chi connectivity index (χ4v) is 4.02. The molecule has 0 amide bonds. The summed E-state index contributed by atoms with van der Waals surface area (Å²) in [6.07, 6.45) is 0. The molecule has 0 fully saturated rings. The highest BCUT2D eigenvalue weighted by molar-refractivity contribution is 7.98. The van der Waals surface area contributed by atoms with E-state index in [0.29, 0.717) is 11.7 Å². The van der Waals surface area contributed by atoms with Gasteiger partial charge in [-0.05, 0) is 86.1 Å². The smallest absolute Gasteiger partial charge is 0.171 e. The maximum absolute atomic E-state index is 5.88. The van der Waals surface area contributed by atoms with Crippen LogP contribution in [0.1, 0.15) is 23.6 Å². The number of rotatable bonds is 8. The number of thioether (sulfide) groups is 1. The molecular formula is C25H28N2OS2. The Hall–Kier alpha value is -2.50. The van der Waals surface area contributed by atoms with Crippen LogP contribution in [-0.4, -0.2) is 17.8 Å². The van der Waals surface area contributed by atoms with Crippen LogP contribution in [0.2, 0.25) is 0 Å². The van der Waals surface area contributed by atoms with E-state index in [9.17, 15) is 0 Å². The Morgan fingerprint density at radius 1 is 0.967 bits per heavy atom. The number of ether oxygens (including phenoxy) is 1. The van der Waals surface area contributed by atoms with Gasteiger partial charge < -0.3 is 15.4 Å². The molecule has 3 aromatic carbocycles. The van der Waals surface area contributed by atoms with Crippen LogP contribution < -0.4 is 15.4 Å². The Morgan fingerprint density at radius 2 is 1.70 bits per heavy atom. The Morgan fingerprint density at radius 3 is 2.40 bits per heavy atom. The molecule has 0 heterocycles. The fourth-order valence-electron chi connectivity index (χ4n) is 2.83. The summed E-state index contributed by atoms with van der Waals surface area (Å²) in [7, 11) is 0. The van der Waals surface area contributed by atoms with E-state index >= 15 is 0 Å². The van der Waals surface area contributed by atoms with E-state index in [1.165, 1.54) is 21.6 Å². The summed E-state index contributed by atoms with van der Waals surface area (Å²) in [6, 6.07) is 25.1. The molecule has 0 aliphatic heterocycles. The average molecular weight is 437 g/mol. The first-order valence-corrected chi connectivity index (χ1v) is 11.4. The molecule has 3 aromatic rings. The minimum absolute atomic E-state index is 0.0909. The van der Waals surface area contributed by atoms with Crippen molar-refractivity contribution in [2.45, 2.75) is 37.5 Å². The largest absolute Gasteiger partial charge is 0.491 e. The molecule has 1 atom stereocenters. The lowest BCUT2D eigenvalue weighted by atomic mass is 10.1. The zero-order valence-electron chi connectivity index (χ0n) is 17.6. The SMILES string of the molecule is Cc1ccc(OC[C@@H](C)NC(=S)Nc2ccc(CSc3ccccc3)cc2)cc1C. The average Bonchev–Trinajstić information content (AvgIpc) is 2.75. The van der Waals surface area contributed by atoms with Crippen molar-refractivity contribution in [3.05, 3.63) is 89.5 Å². The number of aryl methyl sites for hydroxylation is 2. The van der Waals surface area contributed by atoms with Gasteiger partial charge in [-0.2, -0.15) is 0 Å². The molecular weight excluding hydrogens is 408 g/mol. The van der Waals surface area contributed by atoms with Crippen molar-refractivity contribution in [3.8, 4) is 5.75 Å². The van der Waals surface area contributed by atoms with Gasteiger partial charge in [0.1, 0.15) is 12.4 Å². The molecule has 3 nitrogen and oxygen atoms in total. The van der Waals surface area contributed by atoms with Crippen molar-refractivity contribution >= 4 is 34.8 Å². The normalized spacial score (nSPS) is 11.6. The minimum Gasteiger partial charge on any atom is -0.491 e. The molecule has 0 aromatic heterocycles. The molecule has 0 saturated carbocycles. The Bertz CT molecular complexity index is 959. The summed E-state index contributed by atoms with van der Waals surface area (Å²) < 4.78 is 5.88. The number of hydrogen-bond acceptors (Lipinski definition) is 3. The van der Waals surface area contributed by atoms with E-state index in [4.69, 9.17) is 17.0 Å². The van der Waals surface area contributed by atoms with Crippen molar-refractivity contribution in [2.24, 2.45) is 0 Å². The lowest BCUT2D eigenvalue weighted by Crippen LogP contribution is -2.39. The topological polar surface area (TPSA) is 33.3 Å². The molecule has 0 bridgehead atoms. The van der Waals surface area contributed by atoms with Crippen LogP contribution in [0.15, 0.2) is 77.7 Å². The van der Waals surface area contributed by atoms with Crippen LogP contribution in [0.25, 0.3) is 0 Å². The number of thiocarbonyl (C=S) groups is 1. The molecule has 0 aliphatic carbocycles. The third-order valence-corrected chi connectivity index (χ3v) is 6.02. The second-order valence-corrected chi connectivity index (χ2v) is 8.81. The lowest BCUT2D eigenvalue weighted by Gasteiger charge is -2.18. The van der Waals surface area contributed by atoms with Crippen molar-refractivity contribution in [2.75, 3.05) is 11.9 Å². The van der Waals surface area contributed by atoms with Crippen LogP contribution in [-0.2, 0) is 5.75 Å². The maximum Gasteiger partial charge on any atom is 0.171 e. The van der Waals surface area contributed by atoms with Gasteiger partial charge in [0.2, 0.25) is 0 Å². The van der Waals surface area contributed by atoms with Gasteiger partial charge in [-0.1, -0.05) is 36.4 Å². The number of nitrogens with one attached hydrogen (secondary N) is 2. The predicted octanol–water partition coefficient (Wildman–Crippen LogP) is 6.35. The summed E-state index contributed by atoms with van der Waals surface area (Å²) in [5, 5.41) is 7.12. The second kappa shape index (κ2) is 11.0. The number of anilines is 1. The first-order chi connectivity index (χ1) is 14.5. The summed E-state index contributed by atoms with van der Waals surface area (Å²) in [6.45, 7) is 6.79. The fraction of sp³-hybridized carbons (Fsp3) is 0.240. The Kier molecular flexibility index (Phi) is 8.17. The van der Waals surface area contributed by atoms with Crippen LogP contribution in [0.3, 0.4) is 0 Å².